The van der Waals surface area contributed by atoms with Crippen LogP contribution in [0.3, 0.4) is 0 Å². The summed E-state index contributed by atoms with van der Waals surface area (Å²) in [5, 5.41) is 6.19. The summed E-state index contributed by atoms with van der Waals surface area (Å²) in [5.74, 6) is 0. The van der Waals surface area contributed by atoms with Crippen LogP contribution in [-0.2, 0) is 6.67 Å². The predicted molar refractivity (Wildman–Crippen MR) is 28.1 cm³/mol. The number of hydrogen-bond acceptors (Lipinski definition) is 1. The third-order valence-electron chi connectivity index (χ3n) is 1.06. The number of aryl methyl sites for hydroxylation is 1. The average Bonchev–Trinajstić information content (AvgIpc) is 2.14. The van der Waals surface area contributed by atoms with Crippen molar-refractivity contribution in [2.24, 2.45) is 0 Å². The van der Waals surface area contributed by atoms with Gasteiger partial charge in [-0.3, -0.25) is 5.10 Å². The fraction of sp³-hybridized carbons (Fsp3) is 0.400. The van der Waals surface area contributed by atoms with Gasteiger partial charge in [0.1, 0.15) is 6.67 Å². The molecule has 0 bridgehead atoms. The highest BCUT2D eigenvalue weighted by molar-refractivity contribution is 5.11. The van der Waals surface area contributed by atoms with Gasteiger partial charge in [0.05, 0.1) is 5.69 Å². The predicted octanol–water partition coefficient (Wildman–Crippen LogP) is 1.19. The first-order valence-corrected chi connectivity index (χ1v) is 2.40. The molecular weight excluding hydrogens is 107 g/mol. The first-order chi connectivity index (χ1) is 3.84. The number of halogens is 1. The quantitative estimate of drug-likeness (QED) is 0.583. The Morgan fingerprint density at radius 1 is 1.88 bits per heavy atom. The van der Waals surface area contributed by atoms with E-state index >= 15 is 0 Å². The molecular formula is C5H7FN2. The minimum atomic E-state index is -0.477. The van der Waals surface area contributed by atoms with Crippen molar-refractivity contribution < 1.29 is 4.39 Å². The van der Waals surface area contributed by atoms with Gasteiger partial charge in [-0.15, -0.1) is 0 Å². The molecule has 0 atom stereocenters. The highest BCUT2D eigenvalue weighted by Gasteiger charge is 1.96. The zero-order valence-electron chi connectivity index (χ0n) is 4.61. The number of nitrogens with one attached hydrogen (secondary N) is 1. The van der Waals surface area contributed by atoms with Crippen LogP contribution in [0.4, 0.5) is 4.39 Å². The molecule has 0 amide bonds. The van der Waals surface area contributed by atoms with Crippen LogP contribution in [-0.4, -0.2) is 10.2 Å². The van der Waals surface area contributed by atoms with Crippen molar-refractivity contribution in [2.75, 3.05) is 0 Å². The molecule has 1 heterocycles. The summed E-state index contributed by atoms with van der Waals surface area (Å²) < 4.78 is 11.7. The molecule has 1 rings (SSSR count). The second kappa shape index (κ2) is 1.94. The van der Waals surface area contributed by atoms with E-state index in [9.17, 15) is 4.39 Å². The van der Waals surface area contributed by atoms with Crippen LogP contribution in [0, 0.1) is 6.92 Å². The van der Waals surface area contributed by atoms with E-state index in [1.54, 1.807) is 6.20 Å². The summed E-state index contributed by atoms with van der Waals surface area (Å²) in [5.41, 5.74) is 1.39. The van der Waals surface area contributed by atoms with Crippen LogP contribution < -0.4 is 0 Å². The Morgan fingerprint density at radius 3 is 2.88 bits per heavy atom. The summed E-state index contributed by atoms with van der Waals surface area (Å²) in [6.45, 7) is 1.34. The summed E-state index contributed by atoms with van der Waals surface area (Å²) >= 11 is 0. The zero-order valence-corrected chi connectivity index (χ0v) is 4.61. The van der Waals surface area contributed by atoms with Crippen LogP contribution in [0.15, 0.2) is 6.20 Å². The van der Waals surface area contributed by atoms with Crippen molar-refractivity contribution in [3.05, 3.63) is 17.5 Å². The van der Waals surface area contributed by atoms with Crippen molar-refractivity contribution in [3.63, 3.8) is 0 Å². The van der Waals surface area contributed by atoms with Gasteiger partial charge >= 0.3 is 0 Å². The molecule has 1 aromatic heterocycles. The van der Waals surface area contributed by atoms with Gasteiger partial charge in [0.2, 0.25) is 0 Å². The van der Waals surface area contributed by atoms with E-state index in [1.165, 1.54) is 0 Å². The van der Waals surface area contributed by atoms with Crippen molar-refractivity contribution >= 4 is 0 Å². The summed E-state index contributed by atoms with van der Waals surface area (Å²) in [6.07, 6.45) is 1.68. The second-order valence-electron chi connectivity index (χ2n) is 1.65. The highest BCUT2D eigenvalue weighted by atomic mass is 19.1. The highest BCUT2D eigenvalue weighted by Crippen LogP contribution is 2.01. The number of rotatable bonds is 1. The molecule has 0 aliphatic carbocycles. The maximum atomic E-state index is 11.7. The van der Waals surface area contributed by atoms with Crippen molar-refractivity contribution in [2.45, 2.75) is 13.6 Å². The third kappa shape index (κ3) is 0.710. The topological polar surface area (TPSA) is 28.7 Å². The first-order valence-electron chi connectivity index (χ1n) is 2.40. The van der Waals surface area contributed by atoms with Crippen LogP contribution in [0.1, 0.15) is 11.3 Å². The molecule has 44 valence electrons. The SMILES string of the molecule is Cc1c[nH]nc1CF. The largest absolute Gasteiger partial charge is 0.285 e. The van der Waals surface area contributed by atoms with Gasteiger partial charge in [-0.25, -0.2) is 4.39 Å². The first kappa shape index (κ1) is 5.28. The Morgan fingerprint density at radius 2 is 2.62 bits per heavy atom. The zero-order chi connectivity index (χ0) is 5.98. The van der Waals surface area contributed by atoms with E-state index in [0.717, 1.165) is 5.56 Å². The maximum absolute atomic E-state index is 11.7. The van der Waals surface area contributed by atoms with E-state index in [0.29, 0.717) is 5.69 Å². The number of aromatic nitrogens is 2. The minimum absolute atomic E-state index is 0.477. The summed E-state index contributed by atoms with van der Waals surface area (Å²) in [7, 11) is 0. The molecule has 1 aromatic rings. The van der Waals surface area contributed by atoms with E-state index < -0.39 is 6.67 Å². The van der Waals surface area contributed by atoms with Crippen molar-refractivity contribution in [1.29, 1.82) is 0 Å². The van der Waals surface area contributed by atoms with E-state index in [2.05, 4.69) is 10.2 Å². The molecule has 0 aliphatic rings. The molecule has 0 fully saturated rings. The number of H-pyrrole nitrogens is 1. The third-order valence-corrected chi connectivity index (χ3v) is 1.06. The van der Waals surface area contributed by atoms with Crippen LogP contribution in [0.5, 0.6) is 0 Å². The van der Waals surface area contributed by atoms with Gasteiger partial charge < -0.3 is 0 Å². The molecule has 0 unspecified atom stereocenters. The monoisotopic (exact) mass is 114 g/mol. The fourth-order valence-electron chi connectivity index (χ4n) is 0.514. The second-order valence-corrected chi connectivity index (χ2v) is 1.65. The van der Waals surface area contributed by atoms with Gasteiger partial charge in [-0.05, 0) is 12.5 Å². The Hall–Kier alpha value is -0.860. The van der Waals surface area contributed by atoms with Crippen molar-refractivity contribution in [1.82, 2.24) is 10.2 Å². The molecule has 0 aromatic carbocycles. The Kier molecular flexibility index (Phi) is 1.28. The average molecular weight is 114 g/mol. The lowest BCUT2D eigenvalue weighted by molar-refractivity contribution is 0.474. The van der Waals surface area contributed by atoms with Crippen LogP contribution >= 0.6 is 0 Å². The molecule has 0 saturated heterocycles. The fourth-order valence-corrected chi connectivity index (χ4v) is 0.514. The van der Waals surface area contributed by atoms with E-state index in [1.807, 2.05) is 6.92 Å². The maximum Gasteiger partial charge on any atom is 0.134 e. The smallest absolute Gasteiger partial charge is 0.134 e. The number of alkyl halides is 1. The van der Waals surface area contributed by atoms with Crippen LogP contribution in [0.25, 0.3) is 0 Å². The molecule has 0 spiro atoms. The van der Waals surface area contributed by atoms with E-state index in [4.69, 9.17) is 0 Å². The number of nitrogens with zero attached hydrogens (tertiary/aromatic N) is 1. The molecule has 0 radical (unpaired) electrons. The lowest BCUT2D eigenvalue weighted by Crippen LogP contribution is -1.79. The molecule has 0 aliphatic heterocycles. The Labute approximate surface area is 46.7 Å². The standard InChI is InChI=1S/C5H7FN2/c1-4-3-7-8-5(4)2-6/h3H,2H2,1H3,(H,7,8). The summed E-state index contributed by atoms with van der Waals surface area (Å²) in [6, 6.07) is 0. The lowest BCUT2D eigenvalue weighted by Gasteiger charge is -1.82. The van der Waals surface area contributed by atoms with Gasteiger partial charge in [0, 0.05) is 6.20 Å². The lowest BCUT2D eigenvalue weighted by atomic mass is 10.3. The number of aromatic amines is 1. The molecule has 2 nitrogen and oxygen atoms in total. The Balaban J connectivity index is 2.92. The van der Waals surface area contributed by atoms with E-state index in [-0.39, 0.29) is 0 Å². The number of hydrogen-bond donors (Lipinski definition) is 1. The van der Waals surface area contributed by atoms with Gasteiger partial charge in [0.15, 0.2) is 0 Å². The van der Waals surface area contributed by atoms with Gasteiger partial charge in [0.25, 0.3) is 0 Å². The molecule has 3 heteroatoms. The van der Waals surface area contributed by atoms with Gasteiger partial charge in [-0.2, -0.15) is 5.10 Å². The summed E-state index contributed by atoms with van der Waals surface area (Å²) in [4.78, 5) is 0. The van der Waals surface area contributed by atoms with Crippen LogP contribution in [0.2, 0.25) is 0 Å². The molecule has 0 saturated carbocycles. The van der Waals surface area contributed by atoms with Crippen molar-refractivity contribution in [3.8, 4) is 0 Å². The normalized spacial score (nSPS) is 9.75. The molecule has 8 heavy (non-hydrogen) atoms. The van der Waals surface area contributed by atoms with Gasteiger partial charge in [-0.1, -0.05) is 0 Å². The minimum Gasteiger partial charge on any atom is -0.285 e. The molecule has 1 N–H and O–H groups in total. The Bertz CT molecular complexity index is 171.